The summed E-state index contributed by atoms with van der Waals surface area (Å²) in [4.78, 5) is 12.6. The zero-order valence-electron chi connectivity index (χ0n) is 14.6. The van der Waals surface area contributed by atoms with E-state index < -0.39 is 32.5 Å². The quantitative estimate of drug-likeness (QED) is 0.775. The molecule has 0 amide bonds. The van der Waals surface area contributed by atoms with Gasteiger partial charge in [0.2, 0.25) is 0 Å². The Balaban J connectivity index is 2.04. The van der Waals surface area contributed by atoms with E-state index in [0.717, 1.165) is 0 Å². The van der Waals surface area contributed by atoms with Gasteiger partial charge < -0.3 is 15.2 Å². The van der Waals surface area contributed by atoms with Gasteiger partial charge in [0.15, 0.2) is 9.84 Å². The molecule has 2 aromatic rings. The van der Waals surface area contributed by atoms with Crippen LogP contribution in [0, 0.1) is 0 Å². The Hall–Kier alpha value is -2.38. The summed E-state index contributed by atoms with van der Waals surface area (Å²) in [6.45, 7) is 1.79. The first-order valence-corrected chi connectivity index (χ1v) is 9.81. The second kappa shape index (κ2) is 6.74. The minimum atomic E-state index is -3.81. The molecule has 0 spiro atoms. The van der Waals surface area contributed by atoms with Crippen LogP contribution in [-0.2, 0) is 19.4 Å². The maximum atomic E-state index is 13.1. The topological polar surface area (TPSA) is 95.7 Å². The van der Waals surface area contributed by atoms with Crippen molar-refractivity contribution >= 4 is 15.8 Å². The molecule has 2 N–H and O–H groups in total. The van der Waals surface area contributed by atoms with Crippen LogP contribution in [0.4, 0.5) is 0 Å². The molecule has 3 rings (SSSR count). The van der Waals surface area contributed by atoms with Gasteiger partial charge in [-0.3, -0.25) is 0 Å². The molecule has 0 heterocycles. The van der Waals surface area contributed by atoms with Gasteiger partial charge in [-0.15, -0.1) is 0 Å². The van der Waals surface area contributed by atoms with Crippen LogP contribution >= 0.6 is 0 Å². The molecule has 0 aliphatic heterocycles. The Labute approximate surface area is 152 Å². The predicted molar refractivity (Wildman–Crippen MR) is 96.7 cm³/mol. The molecule has 26 heavy (non-hydrogen) atoms. The van der Waals surface area contributed by atoms with Gasteiger partial charge in [-0.2, -0.15) is 0 Å². The molecule has 1 aliphatic rings. The van der Waals surface area contributed by atoms with Crippen molar-refractivity contribution in [2.45, 2.75) is 28.5 Å². The first-order valence-electron chi connectivity index (χ1n) is 8.26. The number of nitrogens with two attached hydrogens (primary N) is 1. The SMILES string of the molecule is CCOC(=O)C1(N)C(c2ccc(OC)cc2)C1S(=O)(=O)c1ccccc1. The van der Waals surface area contributed by atoms with Gasteiger partial charge in [-0.05, 0) is 36.8 Å². The minimum absolute atomic E-state index is 0.130. The predicted octanol–water partition coefficient (Wildman–Crippen LogP) is 1.90. The van der Waals surface area contributed by atoms with Gasteiger partial charge >= 0.3 is 5.97 Å². The lowest BCUT2D eigenvalue weighted by Gasteiger charge is -2.11. The highest BCUT2D eigenvalue weighted by Gasteiger charge is 2.74. The molecule has 138 valence electrons. The maximum Gasteiger partial charge on any atom is 0.328 e. The van der Waals surface area contributed by atoms with Crippen molar-refractivity contribution < 1.29 is 22.7 Å². The minimum Gasteiger partial charge on any atom is -0.497 e. The van der Waals surface area contributed by atoms with Crippen LogP contribution < -0.4 is 10.5 Å². The van der Waals surface area contributed by atoms with Crippen molar-refractivity contribution in [1.29, 1.82) is 0 Å². The van der Waals surface area contributed by atoms with E-state index in [1.807, 2.05) is 0 Å². The number of hydrogen-bond acceptors (Lipinski definition) is 6. The van der Waals surface area contributed by atoms with Crippen molar-refractivity contribution in [2.75, 3.05) is 13.7 Å². The first kappa shape index (κ1) is 18.4. The molecule has 1 fully saturated rings. The van der Waals surface area contributed by atoms with Gasteiger partial charge in [-0.25, -0.2) is 13.2 Å². The molecule has 0 radical (unpaired) electrons. The molecule has 0 aromatic heterocycles. The fraction of sp³-hybridized carbons (Fsp3) is 0.316. The average molecular weight is 375 g/mol. The van der Waals surface area contributed by atoms with Gasteiger partial charge in [0, 0.05) is 5.92 Å². The monoisotopic (exact) mass is 375 g/mol. The summed E-state index contributed by atoms with van der Waals surface area (Å²) in [5, 5.41) is -1.08. The molecular weight excluding hydrogens is 354 g/mol. The van der Waals surface area contributed by atoms with Gasteiger partial charge in [0.25, 0.3) is 0 Å². The van der Waals surface area contributed by atoms with Crippen LogP contribution in [0.5, 0.6) is 5.75 Å². The zero-order chi connectivity index (χ0) is 18.9. The van der Waals surface area contributed by atoms with E-state index in [9.17, 15) is 13.2 Å². The number of benzene rings is 2. The number of sulfone groups is 1. The standard InChI is InChI=1S/C19H21NO5S/c1-3-25-18(21)19(20)16(13-9-11-14(24-2)12-10-13)17(19)26(22,23)15-7-5-4-6-8-15/h4-12,16-17H,3,20H2,1-2H3. The maximum absolute atomic E-state index is 13.1. The first-order chi connectivity index (χ1) is 12.4. The highest BCUT2D eigenvalue weighted by Crippen LogP contribution is 2.56. The Morgan fingerprint density at radius 3 is 2.27 bits per heavy atom. The Kier molecular flexibility index (Phi) is 4.77. The summed E-state index contributed by atoms with van der Waals surface area (Å²) < 4.78 is 36.4. The Morgan fingerprint density at radius 2 is 1.73 bits per heavy atom. The van der Waals surface area contributed by atoms with Crippen LogP contribution in [0.1, 0.15) is 18.4 Å². The second-order valence-electron chi connectivity index (χ2n) is 6.18. The fourth-order valence-electron chi connectivity index (χ4n) is 3.33. The lowest BCUT2D eigenvalue weighted by molar-refractivity contribution is -0.145. The molecule has 3 unspecified atom stereocenters. The molecule has 1 saturated carbocycles. The summed E-state index contributed by atoms with van der Waals surface area (Å²) in [5.74, 6) is -0.751. The van der Waals surface area contributed by atoms with Crippen molar-refractivity contribution in [3.63, 3.8) is 0 Å². The number of ether oxygens (including phenoxy) is 2. The smallest absolute Gasteiger partial charge is 0.328 e. The van der Waals surface area contributed by atoms with E-state index in [1.54, 1.807) is 56.5 Å². The number of methoxy groups -OCH3 is 1. The van der Waals surface area contributed by atoms with Crippen molar-refractivity contribution in [2.24, 2.45) is 5.73 Å². The van der Waals surface area contributed by atoms with E-state index in [-0.39, 0.29) is 11.5 Å². The van der Waals surface area contributed by atoms with Crippen LogP contribution in [0.2, 0.25) is 0 Å². The molecule has 0 bridgehead atoms. The van der Waals surface area contributed by atoms with Crippen molar-refractivity contribution in [3.8, 4) is 5.75 Å². The highest BCUT2D eigenvalue weighted by molar-refractivity contribution is 7.92. The number of rotatable bonds is 6. The van der Waals surface area contributed by atoms with E-state index in [1.165, 1.54) is 12.1 Å². The number of hydrogen-bond donors (Lipinski definition) is 1. The number of carbonyl (C=O) groups is 1. The molecule has 1 aliphatic carbocycles. The molecular formula is C19H21NO5S. The van der Waals surface area contributed by atoms with Crippen LogP contribution in [0.25, 0.3) is 0 Å². The largest absolute Gasteiger partial charge is 0.497 e. The third-order valence-electron chi connectivity index (χ3n) is 4.69. The lowest BCUT2D eigenvalue weighted by atomic mass is 10.1. The van der Waals surface area contributed by atoms with Crippen molar-refractivity contribution in [1.82, 2.24) is 0 Å². The van der Waals surface area contributed by atoms with Crippen LogP contribution in [-0.4, -0.2) is 38.9 Å². The fourth-order valence-corrected chi connectivity index (χ4v) is 5.58. The van der Waals surface area contributed by atoms with E-state index in [2.05, 4.69) is 0 Å². The zero-order valence-corrected chi connectivity index (χ0v) is 15.4. The van der Waals surface area contributed by atoms with Gasteiger partial charge in [0.1, 0.15) is 16.5 Å². The third kappa shape index (κ3) is 2.87. The normalized spacial score (nSPS) is 24.7. The van der Waals surface area contributed by atoms with Gasteiger partial charge in [0.05, 0.1) is 18.6 Å². The average Bonchev–Trinajstić information content (AvgIpc) is 3.31. The lowest BCUT2D eigenvalue weighted by Crippen LogP contribution is -2.41. The number of esters is 1. The molecule has 6 nitrogen and oxygen atoms in total. The van der Waals surface area contributed by atoms with Crippen LogP contribution in [0.3, 0.4) is 0 Å². The summed E-state index contributed by atoms with van der Waals surface area (Å²) in [7, 11) is -2.26. The molecule has 2 aromatic carbocycles. The summed E-state index contributed by atoms with van der Waals surface area (Å²) in [5.41, 5.74) is 5.35. The van der Waals surface area contributed by atoms with Gasteiger partial charge in [-0.1, -0.05) is 30.3 Å². The Bertz CT molecular complexity index is 895. The van der Waals surface area contributed by atoms with E-state index >= 15 is 0 Å². The summed E-state index contributed by atoms with van der Waals surface area (Å²) in [6.07, 6.45) is 0. The molecule has 0 saturated heterocycles. The third-order valence-corrected chi connectivity index (χ3v) is 6.95. The highest BCUT2D eigenvalue weighted by atomic mass is 32.2. The molecule has 3 atom stereocenters. The van der Waals surface area contributed by atoms with E-state index in [4.69, 9.17) is 15.2 Å². The Morgan fingerprint density at radius 1 is 1.12 bits per heavy atom. The number of carbonyl (C=O) groups excluding carboxylic acids is 1. The second-order valence-corrected chi connectivity index (χ2v) is 8.25. The van der Waals surface area contributed by atoms with Crippen LogP contribution in [0.15, 0.2) is 59.5 Å². The van der Waals surface area contributed by atoms with Crippen molar-refractivity contribution in [3.05, 3.63) is 60.2 Å². The molecule has 7 heteroatoms. The summed E-state index contributed by atoms with van der Waals surface area (Å²) >= 11 is 0. The van der Waals surface area contributed by atoms with E-state index in [0.29, 0.717) is 11.3 Å². The summed E-state index contributed by atoms with van der Waals surface area (Å²) in [6, 6.07) is 14.9.